The molecule has 2 rings (SSSR count). The molecule has 1 aromatic carbocycles. The molecule has 1 amide bonds. The zero-order valence-corrected chi connectivity index (χ0v) is 14.4. The Kier molecular flexibility index (Phi) is 5.91. The number of nitrogens with zero attached hydrogens (tertiary/aromatic N) is 1. The van der Waals surface area contributed by atoms with Gasteiger partial charge in [-0.3, -0.25) is 9.78 Å². The minimum atomic E-state index is -0.127. The molecule has 0 aliphatic heterocycles. The fraction of sp³-hybridized carbons (Fsp3) is 0.400. The van der Waals surface area contributed by atoms with E-state index in [1.807, 2.05) is 12.1 Å². The molecule has 1 aromatic heterocycles. The lowest BCUT2D eigenvalue weighted by Gasteiger charge is -2.21. The standard InChI is InChI=1S/C20H26N2O/c1-14(2)17-5-7-18(8-6-17)19(15(3)4)20(23)22-13-16-9-11-21-12-10-16/h5-12,14-15,19H,13H2,1-4H3,(H,22,23). The fourth-order valence-electron chi connectivity index (χ4n) is 2.73. The number of aromatic nitrogens is 1. The number of amides is 1. The third-order valence-electron chi connectivity index (χ3n) is 4.13. The Labute approximate surface area is 139 Å². The van der Waals surface area contributed by atoms with E-state index in [0.29, 0.717) is 12.5 Å². The highest BCUT2D eigenvalue weighted by Crippen LogP contribution is 2.26. The van der Waals surface area contributed by atoms with Crippen molar-refractivity contribution in [1.29, 1.82) is 0 Å². The van der Waals surface area contributed by atoms with Crippen molar-refractivity contribution in [3.05, 3.63) is 65.5 Å². The maximum absolute atomic E-state index is 12.7. The molecule has 3 heteroatoms. The van der Waals surface area contributed by atoms with Gasteiger partial charge in [-0.2, -0.15) is 0 Å². The van der Waals surface area contributed by atoms with E-state index in [0.717, 1.165) is 11.1 Å². The summed E-state index contributed by atoms with van der Waals surface area (Å²) >= 11 is 0. The van der Waals surface area contributed by atoms with Crippen LogP contribution in [0.4, 0.5) is 0 Å². The molecule has 0 saturated carbocycles. The minimum absolute atomic E-state index is 0.0779. The second-order valence-electron chi connectivity index (χ2n) is 6.62. The van der Waals surface area contributed by atoms with Gasteiger partial charge in [0, 0.05) is 18.9 Å². The summed E-state index contributed by atoms with van der Waals surface area (Å²) in [5.41, 5.74) is 3.44. The molecule has 1 atom stereocenters. The Hall–Kier alpha value is -2.16. The maximum Gasteiger partial charge on any atom is 0.228 e. The van der Waals surface area contributed by atoms with Crippen molar-refractivity contribution in [3.63, 3.8) is 0 Å². The number of nitrogens with one attached hydrogen (secondary N) is 1. The quantitative estimate of drug-likeness (QED) is 0.866. The molecule has 0 aliphatic rings. The van der Waals surface area contributed by atoms with Gasteiger partial charge in [0.05, 0.1) is 5.92 Å². The van der Waals surface area contributed by atoms with Crippen LogP contribution in [0.15, 0.2) is 48.8 Å². The van der Waals surface area contributed by atoms with Gasteiger partial charge in [-0.15, -0.1) is 0 Å². The molecule has 1 N–H and O–H groups in total. The average molecular weight is 310 g/mol. The molecule has 3 nitrogen and oxygen atoms in total. The normalized spacial score (nSPS) is 12.4. The zero-order valence-electron chi connectivity index (χ0n) is 14.4. The highest BCUT2D eigenvalue weighted by molar-refractivity contribution is 5.83. The molecular formula is C20H26N2O. The Bertz CT molecular complexity index is 618. The number of carbonyl (C=O) groups excluding carboxylic acids is 1. The molecule has 23 heavy (non-hydrogen) atoms. The molecule has 0 radical (unpaired) electrons. The Morgan fingerprint density at radius 1 is 0.957 bits per heavy atom. The van der Waals surface area contributed by atoms with Crippen LogP contribution in [0.3, 0.4) is 0 Å². The van der Waals surface area contributed by atoms with Crippen LogP contribution in [0.5, 0.6) is 0 Å². The zero-order chi connectivity index (χ0) is 16.8. The van der Waals surface area contributed by atoms with Crippen molar-refractivity contribution in [3.8, 4) is 0 Å². The molecule has 1 heterocycles. The molecule has 1 unspecified atom stereocenters. The van der Waals surface area contributed by atoms with Crippen molar-refractivity contribution in [1.82, 2.24) is 10.3 Å². The van der Waals surface area contributed by atoms with Crippen LogP contribution >= 0.6 is 0 Å². The average Bonchev–Trinajstić information content (AvgIpc) is 2.54. The summed E-state index contributed by atoms with van der Waals surface area (Å²) in [5.74, 6) is 0.701. The molecule has 122 valence electrons. The summed E-state index contributed by atoms with van der Waals surface area (Å²) in [7, 11) is 0. The molecule has 0 spiro atoms. The summed E-state index contributed by atoms with van der Waals surface area (Å²) in [4.78, 5) is 16.6. The molecule has 0 saturated heterocycles. The lowest BCUT2D eigenvalue weighted by molar-refractivity contribution is -0.123. The van der Waals surface area contributed by atoms with Crippen LogP contribution in [0.25, 0.3) is 0 Å². The predicted octanol–water partition coefficient (Wildman–Crippen LogP) is 4.26. The summed E-state index contributed by atoms with van der Waals surface area (Å²) in [6, 6.07) is 12.3. The first-order valence-electron chi connectivity index (χ1n) is 8.25. The predicted molar refractivity (Wildman–Crippen MR) is 94.2 cm³/mol. The van der Waals surface area contributed by atoms with Gasteiger partial charge in [-0.05, 0) is 40.7 Å². The SMILES string of the molecule is CC(C)c1ccc(C(C(=O)NCc2ccncc2)C(C)C)cc1. The second kappa shape index (κ2) is 7.91. The van der Waals surface area contributed by atoms with Crippen LogP contribution in [0.1, 0.15) is 56.2 Å². The first kappa shape index (κ1) is 17.2. The highest BCUT2D eigenvalue weighted by atomic mass is 16.1. The molecular weight excluding hydrogens is 284 g/mol. The fourth-order valence-corrected chi connectivity index (χ4v) is 2.73. The van der Waals surface area contributed by atoms with Crippen LogP contribution in [0, 0.1) is 5.92 Å². The summed E-state index contributed by atoms with van der Waals surface area (Å²) in [6.45, 7) is 9.07. The number of hydrogen-bond donors (Lipinski definition) is 1. The summed E-state index contributed by atoms with van der Waals surface area (Å²) in [5, 5.41) is 3.05. The largest absolute Gasteiger partial charge is 0.351 e. The Morgan fingerprint density at radius 2 is 1.52 bits per heavy atom. The third-order valence-corrected chi connectivity index (χ3v) is 4.13. The van der Waals surface area contributed by atoms with E-state index < -0.39 is 0 Å². The van der Waals surface area contributed by atoms with Gasteiger partial charge >= 0.3 is 0 Å². The van der Waals surface area contributed by atoms with Gasteiger partial charge in [-0.25, -0.2) is 0 Å². The first-order valence-corrected chi connectivity index (χ1v) is 8.25. The topological polar surface area (TPSA) is 42.0 Å². The van der Waals surface area contributed by atoms with Crippen LogP contribution in [-0.4, -0.2) is 10.9 Å². The lowest BCUT2D eigenvalue weighted by atomic mass is 9.86. The second-order valence-corrected chi connectivity index (χ2v) is 6.62. The van der Waals surface area contributed by atoms with Gasteiger partial charge in [-0.1, -0.05) is 52.0 Å². The van der Waals surface area contributed by atoms with Gasteiger partial charge < -0.3 is 5.32 Å². The third kappa shape index (κ3) is 4.65. The molecule has 0 aliphatic carbocycles. The number of hydrogen-bond acceptors (Lipinski definition) is 2. The van der Waals surface area contributed by atoms with Crippen LogP contribution in [0.2, 0.25) is 0 Å². The van der Waals surface area contributed by atoms with Gasteiger partial charge in [0.25, 0.3) is 0 Å². The van der Waals surface area contributed by atoms with Gasteiger partial charge in [0.1, 0.15) is 0 Å². The van der Waals surface area contributed by atoms with E-state index in [4.69, 9.17) is 0 Å². The number of pyridine rings is 1. The first-order chi connectivity index (χ1) is 11.0. The van der Waals surface area contributed by atoms with E-state index in [9.17, 15) is 4.79 Å². The van der Waals surface area contributed by atoms with Gasteiger partial charge in [0.15, 0.2) is 0 Å². The summed E-state index contributed by atoms with van der Waals surface area (Å²) in [6.07, 6.45) is 3.48. The smallest absolute Gasteiger partial charge is 0.228 e. The minimum Gasteiger partial charge on any atom is -0.351 e. The monoisotopic (exact) mass is 310 g/mol. The van der Waals surface area contributed by atoms with Crippen LogP contribution in [-0.2, 0) is 11.3 Å². The van der Waals surface area contributed by atoms with E-state index in [1.54, 1.807) is 12.4 Å². The van der Waals surface area contributed by atoms with E-state index >= 15 is 0 Å². The van der Waals surface area contributed by atoms with Crippen molar-refractivity contribution in [2.24, 2.45) is 5.92 Å². The van der Waals surface area contributed by atoms with Crippen molar-refractivity contribution < 1.29 is 4.79 Å². The number of carbonyl (C=O) groups is 1. The van der Waals surface area contributed by atoms with E-state index in [-0.39, 0.29) is 17.7 Å². The summed E-state index contributed by atoms with van der Waals surface area (Å²) < 4.78 is 0. The number of rotatable bonds is 6. The molecule has 2 aromatic rings. The van der Waals surface area contributed by atoms with Gasteiger partial charge in [0.2, 0.25) is 5.91 Å². The number of benzene rings is 1. The highest BCUT2D eigenvalue weighted by Gasteiger charge is 2.24. The van der Waals surface area contributed by atoms with E-state index in [2.05, 4.69) is 62.3 Å². The Balaban J connectivity index is 2.09. The molecule has 0 fully saturated rings. The lowest BCUT2D eigenvalue weighted by Crippen LogP contribution is -2.31. The molecule has 0 bridgehead atoms. The maximum atomic E-state index is 12.7. The Morgan fingerprint density at radius 3 is 2.04 bits per heavy atom. The van der Waals surface area contributed by atoms with Crippen LogP contribution < -0.4 is 5.32 Å². The van der Waals surface area contributed by atoms with Crippen molar-refractivity contribution in [2.45, 2.75) is 46.1 Å². The van der Waals surface area contributed by atoms with E-state index in [1.165, 1.54) is 5.56 Å². The van der Waals surface area contributed by atoms with Crippen molar-refractivity contribution >= 4 is 5.91 Å². The van der Waals surface area contributed by atoms with Crippen molar-refractivity contribution in [2.75, 3.05) is 0 Å².